The largest absolute Gasteiger partial charge is 0.299 e. The standard InChI is InChI=1S/C16H19O2/c1-3-4-10-15(13(2)17)16(18)12-11-14-8-6-5-7-9-14/h5-9,11-12,15H,1,3-4,10H2,2H3/b12-11+. The summed E-state index contributed by atoms with van der Waals surface area (Å²) in [4.78, 5) is 23.4. The summed E-state index contributed by atoms with van der Waals surface area (Å²) in [6.07, 6.45) is 5.40. The second kappa shape index (κ2) is 7.59. The zero-order chi connectivity index (χ0) is 13.4. The van der Waals surface area contributed by atoms with Crippen molar-refractivity contribution in [3.05, 3.63) is 48.9 Å². The minimum Gasteiger partial charge on any atom is -0.299 e. The highest BCUT2D eigenvalue weighted by Gasteiger charge is 2.19. The van der Waals surface area contributed by atoms with Gasteiger partial charge in [0.1, 0.15) is 5.78 Å². The monoisotopic (exact) mass is 243 g/mol. The van der Waals surface area contributed by atoms with Gasteiger partial charge in [0.2, 0.25) is 0 Å². The Morgan fingerprint density at radius 3 is 2.50 bits per heavy atom. The Kier molecular flexibility index (Phi) is 6.06. The fraction of sp³-hybridized carbons (Fsp3) is 0.312. The summed E-state index contributed by atoms with van der Waals surface area (Å²) >= 11 is 0. The van der Waals surface area contributed by atoms with Gasteiger partial charge in [-0.2, -0.15) is 0 Å². The Balaban J connectivity index is 2.67. The molecule has 0 aliphatic heterocycles. The molecular weight excluding hydrogens is 224 g/mol. The number of benzene rings is 1. The van der Waals surface area contributed by atoms with Crippen molar-refractivity contribution in [3.8, 4) is 0 Å². The third-order valence-corrected chi connectivity index (χ3v) is 2.82. The summed E-state index contributed by atoms with van der Waals surface area (Å²) in [5, 5.41) is 0. The van der Waals surface area contributed by atoms with Crippen molar-refractivity contribution in [1.82, 2.24) is 0 Å². The molecule has 0 aliphatic carbocycles. The number of unbranched alkanes of at least 4 members (excludes halogenated alkanes) is 1. The lowest BCUT2D eigenvalue weighted by Gasteiger charge is -2.08. The molecule has 0 aliphatic rings. The van der Waals surface area contributed by atoms with Gasteiger partial charge in [0.05, 0.1) is 5.92 Å². The molecule has 0 saturated heterocycles. The highest BCUT2D eigenvalue weighted by molar-refractivity contribution is 6.08. The van der Waals surface area contributed by atoms with Crippen molar-refractivity contribution < 1.29 is 9.59 Å². The van der Waals surface area contributed by atoms with Gasteiger partial charge >= 0.3 is 0 Å². The van der Waals surface area contributed by atoms with Gasteiger partial charge < -0.3 is 0 Å². The van der Waals surface area contributed by atoms with E-state index in [9.17, 15) is 9.59 Å². The molecule has 2 heteroatoms. The van der Waals surface area contributed by atoms with Crippen LogP contribution in [0.25, 0.3) is 6.08 Å². The van der Waals surface area contributed by atoms with Crippen LogP contribution in [0.3, 0.4) is 0 Å². The number of carbonyl (C=O) groups is 2. The molecule has 95 valence electrons. The van der Waals surface area contributed by atoms with Crippen LogP contribution in [-0.2, 0) is 9.59 Å². The van der Waals surface area contributed by atoms with Crippen LogP contribution < -0.4 is 0 Å². The molecule has 1 radical (unpaired) electrons. The Labute approximate surface area is 109 Å². The van der Waals surface area contributed by atoms with Crippen molar-refractivity contribution in [1.29, 1.82) is 0 Å². The Hall–Kier alpha value is -1.70. The van der Waals surface area contributed by atoms with Gasteiger partial charge in [-0.1, -0.05) is 56.2 Å². The van der Waals surface area contributed by atoms with Gasteiger partial charge in [-0.05, 0) is 25.0 Å². The average Bonchev–Trinajstić information content (AvgIpc) is 2.37. The van der Waals surface area contributed by atoms with Crippen LogP contribution >= 0.6 is 0 Å². The average molecular weight is 243 g/mol. The number of rotatable bonds is 7. The van der Waals surface area contributed by atoms with Gasteiger partial charge in [0.25, 0.3) is 0 Å². The van der Waals surface area contributed by atoms with Crippen molar-refractivity contribution in [2.75, 3.05) is 0 Å². The molecule has 1 atom stereocenters. The summed E-state index contributed by atoms with van der Waals surface area (Å²) in [7, 11) is 0. The third kappa shape index (κ3) is 4.66. The molecule has 1 unspecified atom stereocenters. The van der Waals surface area contributed by atoms with E-state index in [-0.39, 0.29) is 11.6 Å². The van der Waals surface area contributed by atoms with Gasteiger partial charge in [0.15, 0.2) is 5.78 Å². The Morgan fingerprint density at radius 2 is 1.94 bits per heavy atom. The number of carbonyl (C=O) groups excluding carboxylic acids is 2. The fourth-order valence-electron chi connectivity index (χ4n) is 1.75. The predicted molar refractivity (Wildman–Crippen MR) is 73.9 cm³/mol. The van der Waals surface area contributed by atoms with E-state index in [1.54, 1.807) is 6.08 Å². The second-order valence-corrected chi connectivity index (χ2v) is 4.31. The minimum atomic E-state index is -0.508. The molecule has 1 aromatic rings. The van der Waals surface area contributed by atoms with E-state index in [0.29, 0.717) is 6.42 Å². The lowest BCUT2D eigenvalue weighted by Crippen LogP contribution is -2.20. The van der Waals surface area contributed by atoms with Gasteiger partial charge in [-0.3, -0.25) is 9.59 Å². The molecule has 0 amide bonds. The third-order valence-electron chi connectivity index (χ3n) is 2.82. The highest BCUT2D eigenvalue weighted by Crippen LogP contribution is 2.13. The van der Waals surface area contributed by atoms with Crippen LogP contribution in [0.1, 0.15) is 31.7 Å². The molecule has 18 heavy (non-hydrogen) atoms. The molecule has 1 rings (SSSR count). The van der Waals surface area contributed by atoms with Gasteiger partial charge in [0, 0.05) is 0 Å². The quantitative estimate of drug-likeness (QED) is 0.542. The van der Waals surface area contributed by atoms with Crippen molar-refractivity contribution >= 4 is 17.6 Å². The number of ketones is 2. The summed E-state index contributed by atoms with van der Waals surface area (Å²) in [6.45, 7) is 5.20. The first kappa shape index (κ1) is 14.4. The Bertz CT molecular complexity index is 418. The molecule has 1 aromatic carbocycles. The van der Waals surface area contributed by atoms with Gasteiger partial charge in [-0.25, -0.2) is 0 Å². The molecule has 0 spiro atoms. The number of allylic oxidation sites excluding steroid dienone is 1. The summed E-state index contributed by atoms with van der Waals surface area (Å²) in [6, 6.07) is 9.58. The zero-order valence-electron chi connectivity index (χ0n) is 10.8. The topological polar surface area (TPSA) is 34.1 Å². The first-order valence-electron chi connectivity index (χ1n) is 6.22. The van der Waals surface area contributed by atoms with Gasteiger partial charge in [-0.15, -0.1) is 0 Å². The van der Waals surface area contributed by atoms with Crippen LogP contribution in [0.5, 0.6) is 0 Å². The molecule has 0 heterocycles. The van der Waals surface area contributed by atoms with E-state index in [2.05, 4.69) is 6.92 Å². The molecule has 0 saturated carbocycles. The van der Waals surface area contributed by atoms with Crippen LogP contribution in [-0.4, -0.2) is 11.6 Å². The highest BCUT2D eigenvalue weighted by atomic mass is 16.1. The summed E-state index contributed by atoms with van der Waals surface area (Å²) in [5.74, 6) is -0.683. The maximum absolute atomic E-state index is 11.9. The smallest absolute Gasteiger partial charge is 0.166 e. The van der Waals surface area contributed by atoms with E-state index < -0.39 is 5.92 Å². The minimum absolute atomic E-state index is 0.0637. The fourth-order valence-corrected chi connectivity index (χ4v) is 1.75. The summed E-state index contributed by atoms with van der Waals surface area (Å²) < 4.78 is 0. The molecular formula is C16H19O2. The maximum atomic E-state index is 11.9. The molecule has 0 fully saturated rings. The number of hydrogen-bond acceptors (Lipinski definition) is 2. The lowest BCUT2D eigenvalue weighted by molar-refractivity contribution is -0.129. The molecule has 0 bridgehead atoms. The zero-order valence-corrected chi connectivity index (χ0v) is 10.8. The first-order chi connectivity index (χ1) is 8.65. The van der Waals surface area contributed by atoms with Crippen LogP contribution in [0, 0.1) is 12.8 Å². The van der Waals surface area contributed by atoms with E-state index in [1.807, 2.05) is 30.3 Å². The molecule has 2 nitrogen and oxygen atoms in total. The summed E-state index contributed by atoms with van der Waals surface area (Å²) in [5.41, 5.74) is 0.963. The van der Waals surface area contributed by atoms with Crippen LogP contribution in [0.15, 0.2) is 36.4 Å². The lowest BCUT2D eigenvalue weighted by atomic mass is 9.93. The van der Waals surface area contributed by atoms with Crippen LogP contribution in [0.4, 0.5) is 0 Å². The van der Waals surface area contributed by atoms with E-state index in [0.717, 1.165) is 18.4 Å². The van der Waals surface area contributed by atoms with Crippen molar-refractivity contribution in [2.45, 2.75) is 26.2 Å². The second-order valence-electron chi connectivity index (χ2n) is 4.31. The first-order valence-corrected chi connectivity index (χ1v) is 6.22. The van der Waals surface area contributed by atoms with Crippen LogP contribution in [0.2, 0.25) is 0 Å². The maximum Gasteiger partial charge on any atom is 0.166 e. The normalized spacial score (nSPS) is 12.6. The number of hydrogen-bond donors (Lipinski definition) is 0. The Morgan fingerprint density at radius 1 is 1.28 bits per heavy atom. The van der Waals surface area contributed by atoms with E-state index in [1.165, 1.54) is 13.0 Å². The number of Topliss-reactive ketones (excluding diaryl/α,β-unsaturated/α-hetero) is 1. The van der Waals surface area contributed by atoms with Crippen molar-refractivity contribution in [2.24, 2.45) is 5.92 Å². The molecule has 0 N–H and O–H groups in total. The van der Waals surface area contributed by atoms with E-state index in [4.69, 9.17) is 0 Å². The SMILES string of the molecule is [CH2]CCCC(C(C)=O)C(=O)/C=C/c1ccccc1. The predicted octanol–water partition coefficient (Wildman–Crippen LogP) is 3.48. The van der Waals surface area contributed by atoms with E-state index >= 15 is 0 Å². The molecule has 0 aromatic heterocycles. The van der Waals surface area contributed by atoms with Crippen molar-refractivity contribution in [3.63, 3.8) is 0 Å².